The third-order valence-electron chi connectivity index (χ3n) is 15.5. The Balaban J connectivity index is 1.33. The number of carbonyl (C=O) groups is 1. The molecular formula is C36H58O8. The van der Waals surface area contributed by atoms with E-state index in [1.165, 1.54) is 0 Å². The highest BCUT2D eigenvalue weighted by molar-refractivity contribution is 5.78. The van der Waals surface area contributed by atoms with Crippen LogP contribution in [0.15, 0.2) is 12.2 Å². The topological polar surface area (TPSA) is 137 Å². The number of hydrogen-bond acceptors (Lipinski definition) is 8. The van der Waals surface area contributed by atoms with Gasteiger partial charge in [-0.1, -0.05) is 46.8 Å². The minimum absolute atomic E-state index is 0.0275. The molecule has 11 unspecified atom stereocenters. The Morgan fingerprint density at radius 2 is 1.52 bits per heavy atom. The van der Waals surface area contributed by atoms with Crippen LogP contribution in [0.25, 0.3) is 0 Å². The van der Waals surface area contributed by atoms with Crippen LogP contribution < -0.4 is 0 Å². The van der Waals surface area contributed by atoms with Gasteiger partial charge in [0, 0.05) is 0 Å². The molecule has 6 rings (SSSR count). The molecule has 6 aliphatic rings. The van der Waals surface area contributed by atoms with Crippen molar-refractivity contribution >= 4 is 5.97 Å². The van der Waals surface area contributed by atoms with Crippen LogP contribution in [0.1, 0.15) is 106 Å². The van der Waals surface area contributed by atoms with Gasteiger partial charge in [0.15, 0.2) is 0 Å². The van der Waals surface area contributed by atoms with Crippen LogP contribution in [0.4, 0.5) is 0 Å². The predicted molar refractivity (Wildman–Crippen MR) is 165 cm³/mol. The van der Waals surface area contributed by atoms with Crippen LogP contribution in [0.3, 0.4) is 0 Å². The molecule has 0 amide bonds. The largest absolute Gasteiger partial charge is 0.432 e. The summed E-state index contributed by atoms with van der Waals surface area (Å²) in [5.41, 5.74) is 0.568. The molecule has 1 heterocycles. The summed E-state index contributed by atoms with van der Waals surface area (Å²) in [7, 11) is 0. The van der Waals surface area contributed by atoms with Gasteiger partial charge < -0.3 is 35.0 Å². The maximum atomic E-state index is 14.4. The van der Waals surface area contributed by atoms with Gasteiger partial charge in [-0.25, -0.2) is 0 Å². The first-order valence-electron chi connectivity index (χ1n) is 17.3. The zero-order valence-corrected chi connectivity index (χ0v) is 27.8. The lowest BCUT2D eigenvalue weighted by molar-refractivity contribution is -0.299. The smallest absolute Gasteiger partial charge is 0.314 e. The van der Waals surface area contributed by atoms with E-state index < -0.39 is 48.7 Å². The number of fused-ring (bicyclic) bond motifs is 7. The molecule has 1 saturated heterocycles. The molecule has 0 aromatic carbocycles. The molecule has 6 fully saturated rings. The van der Waals surface area contributed by atoms with Crippen molar-refractivity contribution in [2.45, 2.75) is 143 Å². The highest BCUT2D eigenvalue weighted by atomic mass is 16.7. The molecule has 0 radical (unpaired) electrons. The number of hydrogen-bond donors (Lipinski definition) is 5. The Labute approximate surface area is 263 Å². The van der Waals surface area contributed by atoms with Crippen LogP contribution in [-0.4, -0.2) is 74.9 Å². The molecular weight excluding hydrogens is 560 g/mol. The van der Waals surface area contributed by atoms with Gasteiger partial charge in [0.05, 0.1) is 18.1 Å². The number of allylic oxidation sites excluding steroid dienone is 1. The molecule has 0 aromatic heterocycles. The van der Waals surface area contributed by atoms with Gasteiger partial charge in [-0.3, -0.25) is 4.79 Å². The summed E-state index contributed by atoms with van der Waals surface area (Å²) in [5, 5.41) is 52.0. The molecule has 44 heavy (non-hydrogen) atoms. The van der Waals surface area contributed by atoms with Crippen LogP contribution >= 0.6 is 0 Å². The molecule has 5 aliphatic carbocycles. The average Bonchev–Trinajstić information content (AvgIpc) is 3.37. The summed E-state index contributed by atoms with van der Waals surface area (Å²) >= 11 is 0. The van der Waals surface area contributed by atoms with Crippen molar-refractivity contribution < 1.29 is 39.8 Å². The number of aliphatic hydroxyl groups excluding tert-OH is 5. The van der Waals surface area contributed by atoms with Gasteiger partial charge in [-0.05, 0) is 122 Å². The van der Waals surface area contributed by atoms with E-state index in [1.807, 2.05) is 0 Å². The fourth-order valence-corrected chi connectivity index (χ4v) is 12.9. The molecule has 0 aromatic rings. The third-order valence-corrected chi connectivity index (χ3v) is 15.5. The molecule has 8 heteroatoms. The van der Waals surface area contributed by atoms with Crippen LogP contribution in [0, 0.1) is 56.7 Å². The number of aliphatic hydroxyl groups is 5. The molecule has 1 aliphatic heterocycles. The van der Waals surface area contributed by atoms with E-state index in [9.17, 15) is 30.3 Å². The highest BCUT2D eigenvalue weighted by Gasteiger charge is 2.72. The first-order valence-corrected chi connectivity index (χ1v) is 17.3. The average molecular weight is 619 g/mol. The van der Waals surface area contributed by atoms with Gasteiger partial charge in [-0.2, -0.15) is 0 Å². The summed E-state index contributed by atoms with van der Waals surface area (Å²) in [6, 6.07) is 0. The second kappa shape index (κ2) is 10.7. The maximum Gasteiger partial charge on any atom is 0.314 e. The maximum absolute atomic E-state index is 14.4. The fourth-order valence-electron chi connectivity index (χ4n) is 12.9. The van der Waals surface area contributed by atoms with Gasteiger partial charge in [0.1, 0.15) is 24.4 Å². The van der Waals surface area contributed by atoms with Crippen molar-refractivity contribution in [2.75, 3.05) is 6.61 Å². The summed E-state index contributed by atoms with van der Waals surface area (Å²) < 4.78 is 11.6. The quantitative estimate of drug-likeness (QED) is 0.232. The van der Waals surface area contributed by atoms with E-state index in [0.29, 0.717) is 30.6 Å². The Morgan fingerprint density at radius 3 is 2.18 bits per heavy atom. The Hall–Kier alpha value is -1.03. The standard InChI is InChI=1S/C36H58O8/c1-19(2)20-10-15-36(31(42)44-30-29(41)28(40)27(39)22(18-37)43-30)17-16-34(6)21(26(20)36)8-9-24-33(5)13-12-25(38)32(3,4)23(33)11-14-35(24,34)7/h20-30,37-41H,1,8-18H2,2-7H3/t20?,21?,22-,23?,24?,25?,26?,27-,28+,29-,30?,33?,34?,35?,36?/m0/s1. The lowest BCUT2D eigenvalue weighted by Crippen LogP contribution is -2.67. The summed E-state index contributed by atoms with van der Waals surface area (Å²) in [5.74, 6) is 1.21. The van der Waals surface area contributed by atoms with Crippen LogP contribution in [0.5, 0.6) is 0 Å². The molecule has 0 spiro atoms. The van der Waals surface area contributed by atoms with E-state index in [-0.39, 0.29) is 39.6 Å². The van der Waals surface area contributed by atoms with Crippen LogP contribution in [0.2, 0.25) is 0 Å². The van der Waals surface area contributed by atoms with Crippen molar-refractivity contribution in [3.05, 3.63) is 12.2 Å². The van der Waals surface area contributed by atoms with E-state index in [0.717, 1.165) is 56.9 Å². The minimum Gasteiger partial charge on any atom is -0.432 e. The highest BCUT2D eigenvalue weighted by Crippen LogP contribution is 2.77. The minimum atomic E-state index is -1.61. The Kier molecular flexibility index (Phi) is 8.03. The normalized spacial score (nSPS) is 54.8. The molecule has 5 N–H and O–H groups in total. The van der Waals surface area contributed by atoms with E-state index in [1.54, 1.807) is 0 Å². The van der Waals surface area contributed by atoms with Gasteiger partial charge in [-0.15, -0.1) is 0 Å². The molecule has 5 saturated carbocycles. The number of rotatable bonds is 4. The Bertz CT molecular complexity index is 1150. The molecule has 8 nitrogen and oxygen atoms in total. The lowest BCUT2D eigenvalue weighted by Gasteiger charge is -2.72. The third kappa shape index (κ3) is 4.26. The fraction of sp³-hybridized carbons (Fsp3) is 0.917. The summed E-state index contributed by atoms with van der Waals surface area (Å²) in [6.45, 7) is 18.1. The predicted octanol–water partition coefficient (Wildman–Crippen LogP) is 4.35. The van der Waals surface area contributed by atoms with Crippen molar-refractivity contribution in [2.24, 2.45) is 56.7 Å². The number of carbonyl (C=O) groups excluding carboxylic acids is 1. The zero-order chi connectivity index (χ0) is 32.2. The summed E-state index contributed by atoms with van der Waals surface area (Å²) in [4.78, 5) is 14.4. The van der Waals surface area contributed by atoms with Crippen molar-refractivity contribution in [3.63, 3.8) is 0 Å². The van der Waals surface area contributed by atoms with Crippen LogP contribution in [-0.2, 0) is 14.3 Å². The number of ether oxygens (including phenoxy) is 2. The zero-order valence-electron chi connectivity index (χ0n) is 27.8. The SMILES string of the molecule is C=C(C)C1CCC2(C(=O)OC3O[C@@H](CO)[C@H](O)[C@@H](O)[C@@H]3O)CCC3(C)C(CCC4C5(C)CCC(O)C(C)(C)C5CCC43C)C12. The monoisotopic (exact) mass is 618 g/mol. The van der Waals surface area contributed by atoms with E-state index in [4.69, 9.17) is 9.47 Å². The summed E-state index contributed by atoms with van der Waals surface area (Å²) in [6.07, 6.45) is 1.96. The lowest BCUT2D eigenvalue weighted by atomic mass is 9.32. The molecule has 0 bridgehead atoms. The molecule has 250 valence electrons. The van der Waals surface area contributed by atoms with Gasteiger partial charge >= 0.3 is 5.97 Å². The van der Waals surface area contributed by atoms with E-state index in [2.05, 4.69) is 48.1 Å². The van der Waals surface area contributed by atoms with Gasteiger partial charge in [0.25, 0.3) is 0 Å². The van der Waals surface area contributed by atoms with Crippen molar-refractivity contribution in [3.8, 4) is 0 Å². The van der Waals surface area contributed by atoms with E-state index >= 15 is 0 Å². The second-order valence-corrected chi connectivity index (χ2v) is 17.3. The first-order chi connectivity index (χ1) is 20.5. The Morgan fingerprint density at radius 1 is 0.818 bits per heavy atom. The second-order valence-electron chi connectivity index (χ2n) is 17.3. The number of esters is 1. The molecule has 15 atom stereocenters. The van der Waals surface area contributed by atoms with Gasteiger partial charge in [0.2, 0.25) is 6.29 Å². The first kappa shape index (κ1) is 32.9. The van der Waals surface area contributed by atoms with Crippen molar-refractivity contribution in [1.29, 1.82) is 0 Å². The van der Waals surface area contributed by atoms with Crippen molar-refractivity contribution in [1.82, 2.24) is 0 Å².